The van der Waals surface area contributed by atoms with Gasteiger partial charge in [0.2, 0.25) is 0 Å². The van der Waals surface area contributed by atoms with E-state index >= 15 is 0 Å². The molecule has 0 aromatic carbocycles. The van der Waals surface area contributed by atoms with Gasteiger partial charge in [0, 0.05) is 5.92 Å². The molecule has 3 atom stereocenters. The van der Waals surface area contributed by atoms with Crippen molar-refractivity contribution in [2.24, 2.45) is 11.8 Å². The van der Waals surface area contributed by atoms with E-state index in [0.717, 1.165) is 6.42 Å². The highest BCUT2D eigenvalue weighted by atomic mass is 16.3. The SMILES string of the molecule is N#C[C@@]1(O)C[C@@H]2C=CC[C@@H]21. The van der Waals surface area contributed by atoms with Gasteiger partial charge in [0.05, 0.1) is 6.07 Å². The van der Waals surface area contributed by atoms with Crippen molar-refractivity contribution in [1.82, 2.24) is 0 Å². The first-order chi connectivity index (χ1) is 4.76. The predicted octanol–water partition coefficient (Wildman–Crippen LogP) is 0.837. The number of aliphatic hydroxyl groups is 1. The van der Waals surface area contributed by atoms with E-state index in [1.54, 1.807) is 0 Å². The number of rotatable bonds is 0. The summed E-state index contributed by atoms with van der Waals surface area (Å²) in [4.78, 5) is 0. The number of nitriles is 1. The Kier molecular flexibility index (Phi) is 0.959. The van der Waals surface area contributed by atoms with Crippen LogP contribution in [-0.2, 0) is 0 Å². The molecule has 0 unspecified atom stereocenters. The molecular weight excluding hydrogens is 126 g/mol. The maximum Gasteiger partial charge on any atom is 0.155 e. The van der Waals surface area contributed by atoms with E-state index in [1.807, 2.05) is 6.07 Å². The summed E-state index contributed by atoms with van der Waals surface area (Å²) >= 11 is 0. The normalized spacial score (nSPS) is 49.6. The van der Waals surface area contributed by atoms with Crippen LogP contribution in [-0.4, -0.2) is 10.7 Å². The van der Waals surface area contributed by atoms with Crippen LogP contribution < -0.4 is 0 Å². The van der Waals surface area contributed by atoms with Gasteiger partial charge >= 0.3 is 0 Å². The molecule has 0 amide bonds. The van der Waals surface area contributed by atoms with Gasteiger partial charge in [-0.15, -0.1) is 0 Å². The molecule has 1 saturated carbocycles. The second kappa shape index (κ2) is 1.62. The van der Waals surface area contributed by atoms with Crippen molar-refractivity contribution < 1.29 is 5.11 Å². The van der Waals surface area contributed by atoms with E-state index in [0.29, 0.717) is 12.3 Å². The van der Waals surface area contributed by atoms with E-state index in [9.17, 15) is 5.11 Å². The quantitative estimate of drug-likeness (QED) is 0.395. The fourth-order valence-electron chi connectivity index (χ4n) is 1.95. The Morgan fingerprint density at radius 2 is 2.50 bits per heavy atom. The molecule has 0 spiro atoms. The number of hydrogen-bond donors (Lipinski definition) is 1. The second-order valence-electron chi connectivity index (χ2n) is 3.17. The maximum atomic E-state index is 9.49. The van der Waals surface area contributed by atoms with E-state index in [4.69, 9.17) is 5.26 Å². The first kappa shape index (κ1) is 5.94. The molecule has 1 fully saturated rings. The molecule has 1 N–H and O–H groups in total. The molecule has 2 heteroatoms. The molecule has 2 aliphatic rings. The van der Waals surface area contributed by atoms with Gasteiger partial charge in [0.15, 0.2) is 5.60 Å². The van der Waals surface area contributed by atoms with Crippen LogP contribution in [0, 0.1) is 23.2 Å². The van der Waals surface area contributed by atoms with Crippen molar-refractivity contribution in [1.29, 1.82) is 5.26 Å². The summed E-state index contributed by atoms with van der Waals surface area (Å²) in [6, 6.07) is 1.96. The highest BCUT2D eigenvalue weighted by Gasteiger charge is 2.53. The third kappa shape index (κ3) is 0.512. The summed E-state index contributed by atoms with van der Waals surface area (Å²) in [7, 11) is 0. The van der Waals surface area contributed by atoms with Gasteiger partial charge in [-0.1, -0.05) is 12.2 Å². The maximum absolute atomic E-state index is 9.49. The third-order valence-corrected chi connectivity index (χ3v) is 2.64. The van der Waals surface area contributed by atoms with Crippen molar-refractivity contribution in [3.8, 4) is 6.07 Å². The molecule has 0 radical (unpaired) electrons. The van der Waals surface area contributed by atoms with Crippen molar-refractivity contribution in [3.63, 3.8) is 0 Å². The number of allylic oxidation sites excluding steroid dienone is 2. The summed E-state index contributed by atoms with van der Waals surface area (Å²) in [5, 5.41) is 18.1. The Labute approximate surface area is 59.8 Å². The van der Waals surface area contributed by atoms with E-state index in [-0.39, 0.29) is 5.92 Å². The number of fused-ring (bicyclic) bond motifs is 1. The topological polar surface area (TPSA) is 44.0 Å². The Hall–Kier alpha value is -0.810. The molecule has 0 bridgehead atoms. The largest absolute Gasteiger partial charge is 0.375 e. The first-order valence-corrected chi connectivity index (χ1v) is 3.56. The third-order valence-electron chi connectivity index (χ3n) is 2.64. The highest BCUT2D eigenvalue weighted by molar-refractivity contribution is 5.23. The lowest BCUT2D eigenvalue weighted by Crippen LogP contribution is -2.50. The molecule has 0 aromatic heterocycles. The average molecular weight is 135 g/mol. The molecule has 0 saturated heterocycles. The van der Waals surface area contributed by atoms with Crippen molar-refractivity contribution >= 4 is 0 Å². The van der Waals surface area contributed by atoms with Crippen LogP contribution in [0.15, 0.2) is 12.2 Å². The van der Waals surface area contributed by atoms with Crippen LogP contribution in [0.2, 0.25) is 0 Å². The zero-order chi connectivity index (χ0) is 7.19. The minimum atomic E-state index is -0.992. The van der Waals surface area contributed by atoms with Gasteiger partial charge in [-0.05, 0) is 18.8 Å². The lowest BCUT2D eigenvalue weighted by Gasteiger charge is -2.43. The standard InChI is InChI=1S/C8H9NO/c9-5-8(10)4-6-2-1-3-7(6)8/h1-2,6-7,10H,3-4H2/t6-,7-,8-/m0/s1. The highest BCUT2D eigenvalue weighted by Crippen LogP contribution is 2.49. The predicted molar refractivity (Wildman–Crippen MR) is 35.9 cm³/mol. The van der Waals surface area contributed by atoms with Gasteiger partial charge in [0.25, 0.3) is 0 Å². The molecule has 0 heterocycles. The zero-order valence-electron chi connectivity index (χ0n) is 5.62. The Balaban J connectivity index is 2.18. The molecule has 52 valence electrons. The summed E-state index contributed by atoms with van der Waals surface area (Å²) < 4.78 is 0. The minimum absolute atomic E-state index is 0.206. The van der Waals surface area contributed by atoms with Crippen LogP contribution in [0.5, 0.6) is 0 Å². The van der Waals surface area contributed by atoms with Crippen LogP contribution >= 0.6 is 0 Å². The second-order valence-corrected chi connectivity index (χ2v) is 3.17. The number of nitrogens with zero attached hydrogens (tertiary/aromatic N) is 1. The van der Waals surface area contributed by atoms with Crippen molar-refractivity contribution in [3.05, 3.63) is 12.2 Å². The Morgan fingerprint density at radius 1 is 1.70 bits per heavy atom. The first-order valence-electron chi connectivity index (χ1n) is 3.56. The molecule has 2 rings (SSSR count). The molecule has 0 aromatic rings. The summed E-state index contributed by atoms with van der Waals surface area (Å²) in [6.45, 7) is 0. The lowest BCUT2D eigenvalue weighted by atomic mass is 9.63. The fraction of sp³-hybridized carbons (Fsp3) is 0.625. The molecular formula is C8H9NO. The van der Waals surface area contributed by atoms with Crippen molar-refractivity contribution in [2.75, 3.05) is 0 Å². The molecule has 2 aliphatic carbocycles. The van der Waals surface area contributed by atoms with Crippen LogP contribution in [0.3, 0.4) is 0 Å². The smallest absolute Gasteiger partial charge is 0.155 e. The Bertz CT molecular complexity index is 228. The van der Waals surface area contributed by atoms with Gasteiger partial charge in [-0.2, -0.15) is 5.26 Å². The minimum Gasteiger partial charge on any atom is -0.375 e. The molecule has 10 heavy (non-hydrogen) atoms. The van der Waals surface area contributed by atoms with Crippen LogP contribution in [0.1, 0.15) is 12.8 Å². The lowest BCUT2D eigenvalue weighted by molar-refractivity contribution is -0.0686. The van der Waals surface area contributed by atoms with Crippen LogP contribution in [0.4, 0.5) is 0 Å². The van der Waals surface area contributed by atoms with Gasteiger partial charge in [-0.25, -0.2) is 0 Å². The zero-order valence-corrected chi connectivity index (χ0v) is 5.62. The van der Waals surface area contributed by atoms with Gasteiger partial charge < -0.3 is 5.11 Å². The summed E-state index contributed by atoms with van der Waals surface area (Å²) in [5.41, 5.74) is -0.992. The van der Waals surface area contributed by atoms with Crippen molar-refractivity contribution in [2.45, 2.75) is 18.4 Å². The summed E-state index contributed by atoms with van der Waals surface area (Å²) in [6.07, 6.45) is 5.69. The van der Waals surface area contributed by atoms with E-state index in [2.05, 4.69) is 12.2 Å². The van der Waals surface area contributed by atoms with E-state index < -0.39 is 5.60 Å². The molecule has 0 aliphatic heterocycles. The monoisotopic (exact) mass is 135 g/mol. The van der Waals surface area contributed by atoms with Gasteiger partial charge in [-0.3, -0.25) is 0 Å². The molecule has 2 nitrogen and oxygen atoms in total. The average Bonchev–Trinajstić information content (AvgIpc) is 2.30. The van der Waals surface area contributed by atoms with E-state index in [1.165, 1.54) is 0 Å². The Morgan fingerprint density at radius 3 is 3.10 bits per heavy atom. The summed E-state index contributed by atoms with van der Waals surface area (Å²) in [5.74, 6) is 0.696. The van der Waals surface area contributed by atoms with Gasteiger partial charge in [0.1, 0.15) is 0 Å². The van der Waals surface area contributed by atoms with Crippen LogP contribution in [0.25, 0.3) is 0 Å². The fourth-order valence-corrected chi connectivity index (χ4v) is 1.95. The number of hydrogen-bond acceptors (Lipinski definition) is 2.